The lowest BCUT2D eigenvalue weighted by molar-refractivity contribution is -0.152. The maximum Gasteiger partial charge on any atom is 0.335 e. The van der Waals surface area contributed by atoms with Gasteiger partial charge in [0, 0.05) is 0 Å². The molecule has 3 N–H and O–H groups in total. The second-order valence-electron chi connectivity index (χ2n) is 2.22. The van der Waals surface area contributed by atoms with E-state index in [1.165, 1.54) is 0 Å². The monoisotopic (exact) mass is 160 g/mol. The van der Waals surface area contributed by atoms with Crippen molar-refractivity contribution >= 4 is 5.97 Å². The fourth-order valence-corrected chi connectivity index (χ4v) is 0.611. The molecule has 0 saturated carbocycles. The molecule has 0 aliphatic heterocycles. The summed E-state index contributed by atoms with van der Waals surface area (Å²) < 4.78 is 0. The summed E-state index contributed by atoms with van der Waals surface area (Å²) in [5, 5.41) is 25.9. The topological polar surface area (TPSA) is 77.8 Å². The Morgan fingerprint density at radius 2 is 2.09 bits per heavy atom. The van der Waals surface area contributed by atoms with Crippen molar-refractivity contribution in [3.8, 4) is 0 Å². The summed E-state index contributed by atoms with van der Waals surface area (Å²) in [7, 11) is 0. The van der Waals surface area contributed by atoms with Crippen molar-refractivity contribution in [2.45, 2.75) is 25.0 Å². The van der Waals surface area contributed by atoms with Gasteiger partial charge in [-0.3, -0.25) is 0 Å². The van der Waals surface area contributed by atoms with Gasteiger partial charge in [-0.05, 0) is 12.8 Å². The summed E-state index contributed by atoms with van der Waals surface area (Å²) in [6, 6.07) is 0. The Bertz CT molecular complexity index is 143. The third-order valence-corrected chi connectivity index (χ3v) is 1.28. The molecule has 0 fully saturated rings. The number of allylic oxidation sites excluding steroid dienone is 1. The number of hydrogen-bond donors (Lipinski definition) is 3. The minimum Gasteiger partial charge on any atom is -0.479 e. The normalized spacial score (nSPS) is 15.5. The minimum absolute atomic E-state index is 0.219. The molecule has 0 amide bonds. The van der Waals surface area contributed by atoms with Crippen molar-refractivity contribution in [3.63, 3.8) is 0 Å². The van der Waals surface area contributed by atoms with Crippen LogP contribution in [-0.4, -0.2) is 33.5 Å². The van der Waals surface area contributed by atoms with E-state index in [-0.39, 0.29) is 6.42 Å². The van der Waals surface area contributed by atoms with Crippen molar-refractivity contribution < 1.29 is 20.1 Å². The summed E-state index contributed by atoms with van der Waals surface area (Å²) in [6.45, 7) is 3.40. The second-order valence-corrected chi connectivity index (χ2v) is 2.22. The van der Waals surface area contributed by atoms with Crippen molar-refractivity contribution in [2.24, 2.45) is 0 Å². The SMILES string of the molecule is C=CCCC(O)C(O)C(=O)O. The van der Waals surface area contributed by atoms with Crippen LogP contribution in [0.2, 0.25) is 0 Å². The van der Waals surface area contributed by atoms with Crippen LogP contribution < -0.4 is 0 Å². The molecular weight excluding hydrogens is 148 g/mol. The van der Waals surface area contributed by atoms with Crippen LogP contribution in [0.4, 0.5) is 0 Å². The summed E-state index contributed by atoms with van der Waals surface area (Å²) in [5.74, 6) is -1.40. The first-order valence-corrected chi connectivity index (χ1v) is 3.29. The predicted molar refractivity (Wildman–Crippen MR) is 39.1 cm³/mol. The zero-order valence-electron chi connectivity index (χ0n) is 6.10. The van der Waals surface area contributed by atoms with Gasteiger partial charge in [0.15, 0.2) is 6.10 Å². The third kappa shape index (κ3) is 3.75. The van der Waals surface area contributed by atoms with Gasteiger partial charge in [0.2, 0.25) is 0 Å². The van der Waals surface area contributed by atoms with Gasteiger partial charge in [-0.15, -0.1) is 6.58 Å². The van der Waals surface area contributed by atoms with Crippen LogP contribution in [0.15, 0.2) is 12.7 Å². The highest BCUT2D eigenvalue weighted by atomic mass is 16.4. The third-order valence-electron chi connectivity index (χ3n) is 1.28. The first-order chi connectivity index (χ1) is 5.09. The highest BCUT2D eigenvalue weighted by molar-refractivity contribution is 5.72. The van der Waals surface area contributed by atoms with E-state index < -0.39 is 18.2 Å². The highest BCUT2D eigenvalue weighted by Gasteiger charge is 2.22. The Morgan fingerprint density at radius 1 is 1.55 bits per heavy atom. The number of hydrogen-bond acceptors (Lipinski definition) is 3. The molecule has 0 aliphatic carbocycles. The summed E-state index contributed by atoms with van der Waals surface area (Å²) >= 11 is 0. The maximum absolute atomic E-state index is 10.1. The highest BCUT2D eigenvalue weighted by Crippen LogP contribution is 2.02. The number of carboxylic acids is 1. The number of aliphatic carboxylic acids is 1. The van der Waals surface area contributed by atoms with Crippen LogP contribution in [0.5, 0.6) is 0 Å². The molecular formula is C7H12O4. The summed E-state index contributed by atoms with van der Waals surface area (Å²) in [4.78, 5) is 10.1. The molecule has 0 spiro atoms. The van der Waals surface area contributed by atoms with Crippen molar-refractivity contribution in [1.82, 2.24) is 0 Å². The Kier molecular flexibility index (Phi) is 4.49. The molecule has 2 unspecified atom stereocenters. The van der Waals surface area contributed by atoms with Gasteiger partial charge >= 0.3 is 5.97 Å². The van der Waals surface area contributed by atoms with E-state index in [9.17, 15) is 4.79 Å². The summed E-state index contributed by atoms with van der Waals surface area (Å²) in [5.41, 5.74) is 0. The van der Waals surface area contributed by atoms with E-state index in [4.69, 9.17) is 15.3 Å². The minimum atomic E-state index is -1.69. The first-order valence-electron chi connectivity index (χ1n) is 3.29. The molecule has 0 radical (unpaired) electrons. The summed E-state index contributed by atoms with van der Waals surface area (Å²) in [6.07, 6.45) is -0.624. The van der Waals surface area contributed by atoms with Crippen molar-refractivity contribution in [1.29, 1.82) is 0 Å². The van der Waals surface area contributed by atoms with Gasteiger partial charge in [-0.25, -0.2) is 4.79 Å². The Balaban J connectivity index is 3.72. The molecule has 64 valence electrons. The van der Waals surface area contributed by atoms with Crippen molar-refractivity contribution in [3.05, 3.63) is 12.7 Å². The van der Waals surface area contributed by atoms with Crippen molar-refractivity contribution in [2.75, 3.05) is 0 Å². The quantitative estimate of drug-likeness (QED) is 0.485. The molecule has 0 aromatic heterocycles. The molecule has 0 aliphatic rings. The average Bonchev–Trinajstić information content (AvgIpc) is 1.98. The largest absolute Gasteiger partial charge is 0.479 e. The molecule has 4 heteroatoms. The van der Waals surface area contributed by atoms with Crippen LogP contribution in [0.25, 0.3) is 0 Å². The molecule has 4 nitrogen and oxygen atoms in total. The molecule has 0 aromatic carbocycles. The smallest absolute Gasteiger partial charge is 0.335 e. The Morgan fingerprint density at radius 3 is 2.45 bits per heavy atom. The zero-order valence-corrected chi connectivity index (χ0v) is 6.10. The Labute approximate surface area is 64.8 Å². The maximum atomic E-state index is 10.1. The van der Waals surface area contributed by atoms with E-state index in [1.54, 1.807) is 6.08 Å². The molecule has 0 bridgehead atoms. The fourth-order valence-electron chi connectivity index (χ4n) is 0.611. The van der Waals surface area contributed by atoms with E-state index in [0.717, 1.165) is 0 Å². The van der Waals surface area contributed by atoms with E-state index in [2.05, 4.69) is 6.58 Å². The molecule has 2 atom stereocenters. The fraction of sp³-hybridized carbons (Fsp3) is 0.571. The number of rotatable bonds is 5. The van der Waals surface area contributed by atoms with Gasteiger partial charge in [0.05, 0.1) is 6.10 Å². The van der Waals surface area contributed by atoms with E-state index in [0.29, 0.717) is 6.42 Å². The van der Waals surface area contributed by atoms with Gasteiger partial charge in [0.1, 0.15) is 0 Å². The standard InChI is InChI=1S/C7H12O4/c1-2-3-4-5(8)6(9)7(10)11/h2,5-6,8-9H,1,3-4H2,(H,10,11). The lowest BCUT2D eigenvalue weighted by atomic mass is 10.1. The molecule has 0 rings (SSSR count). The average molecular weight is 160 g/mol. The molecule has 0 aromatic rings. The Hall–Kier alpha value is -0.870. The van der Waals surface area contributed by atoms with Gasteiger partial charge < -0.3 is 15.3 Å². The predicted octanol–water partition coefficient (Wildman–Crippen LogP) is -0.241. The first kappa shape index (κ1) is 10.1. The number of aliphatic hydroxyl groups excluding tert-OH is 2. The molecule has 11 heavy (non-hydrogen) atoms. The van der Waals surface area contributed by atoms with E-state index in [1.807, 2.05) is 0 Å². The lowest BCUT2D eigenvalue weighted by Crippen LogP contribution is -2.33. The van der Waals surface area contributed by atoms with Crippen LogP contribution in [0.1, 0.15) is 12.8 Å². The second kappa shape index (κ2) is 4.87. The zero-order chi connectivity index (χ0) is 8.85. The van der Waals surface area contributed by atoms with Crippen LogP contribution in [0, 0.1) is 0 Å². The van der Waals surface area contributed by atoms with Crippen LogP contribution in [-0.2, 0) is 4.79 Å². The van der Waals surface area contributed by atoms with Gasteiger partial charge in [0.25, 0.3) is 0 Å². The van der Waals surface area contributed by atoms with E-state index >= 15 is 0 Å². The lowest BCUT2D eigenvalue weighted by Gasteiger charge is -2.11. The molecule has 0 heterocycles. The van der Waals surface area contributed by atoms with Crippen LogP contribution >= 0.6 is 0 Å². The van der Waals surface area contributed by atoms with Crippen LogP contribution in [0.3, 0.4) is 0 Å². The van der Waals surface area contributed by atoms with Gasteiger partial charge in [-0.2, -0.15) is 0 Å². The number of carbonyl (C=O) groups is 1. The molecule has 0 saturated heterocycles. The van der Waals surface area contributed by atoms with Gasteiger partial charge in [-0.1, -0.05) is 6.08 Å². The number of aliphatic hydroxyl groups is 2. The number of carboxylic acid groups (broad SMARTS) is 1.